The number of hydrogen-bond donors (Lipinski definition) is 2. The molecule has 1 aliphatic carbocycles. The number of hydrogen-bond acceptors (Lipinski definition) is 4. The summed E-state index contributed by atoms with van der Waals surface area (Å²) >= 11 is 0. The molecule has 0 saturated heterocycles. The predicted molar refractivity (Wildman–Crippen MR) is 121 cm³/mol. The van der Waals surface area contributed by atoms with Gasteiger partial charge < -0.3 is 20.1 Å². The summed E-state index contributed by atoms with van der Waals surface area (Å²) in [6, 6.07) is 16.3. The average molecular weight is 439 g/mol. The lowest BCUT2D eigenvalue weighted by Gasteiger charge is -2.33. The van der Waals surface area contributed by atoms with Crippen molar-refractivity contribution in [1.82, 2.24) is 10.2 Å². The van der Waals surface area contributed by atoms with E-state index in [0.29, 0.717) is 6.42 Å². The van der Waals surface area contributed by atoms with Gasteiger partial charge in [0, 0.05) is 25.4 Å². The zero-order valence-electron chi connectivity index (χ0n) is 18.9. The van der Waals surface area contributed by atoms with E-state index in [9.17, 15) is 19.5 Å². The number of aliphatic carboxylic acids is 1. The Labute approximate surface area is 188 Å². The highest BCUT2D eigenvalue weighted by atomic mass is 16.5. The monoisotopic (exact) mass is 438 g/mol. The SMILES string of the molecule is CC(CCNC(=O)OCC1c2ccccc2-c2ccccc21)C(=O)N(C)C(C)(C)C(=O)O. The Morgan fingerprint density at radius 2 is 1.59 bits per heavy atom. The minimum absolute atomic E-state index is 0.0134. The van der Waals surface area contributed by atoms with Crippen LogP contribution in [0.4, 0.5) is 4.79 Å². The summed E-state index contributed by atoms with van der Waals surface area (Å²) in [7, 11) is 1.48. The normalized spacial score (nSPS) is 13.6. The number of carbonyl (C=O) groups excluding carboxylic acids is 2. The molecule has 2 N–H and O–H groups in total. The van der Waals surface area contributed by atoms with Crippen LogP contribution in [0.25, 0.3) is 11.1 Å². The molecule has 1 atom stereocenters. The molecular weight excluding hydrogens is 408 g/mol. The van der Waals surface area contributed by atoms with Crippen molar-refractivity contribution in [1.29, 1.82) is 0 Å². The number of carbonyl (C=O) groups is 3. The van der Waals surface area contributed by atoms with E-state index in [1.54, 1.807) is 6.92 Å². The van der Waals surface area contributed by atoms with Crippen LogP contribution in [0, 0.1) is 5.92 Å². The Morgan fingerprint density at radius 1 is 1.06 bits per heavy atom. The maximum Gasteiger partial charge on any atom is 0.407 e. The van der Waals surface area contributed by atoms with E-state index in [2.05, 4.69) is 29.6 Å². The van der Waals surface area contributed by atoms with Gasteiger partial charge in [0.05, 0.1) is 0 Å². The lowest BCUT2D eigenvalue weighted by atomic mass is 9.98. The Hall–Kier alpha value is -3.35. The minimum Gasteiger partial charge on any atom is -0.480 e. The third-order valence-corrected chi connectivity index (χ3v) is 6.30. The molecule has 2 aromatic rings. The zero-order valence-corrected chi connectivity index (χ0v) is 18.9. The number of likely N-dealkylation sites (N-methyl/N-ethyl adjacent to an activating group) is 1. The van der Waals surface area contributed by atoms with Gasteiger partial charge in [0.15, 0.2) is 0 Å². The second-order valence-corrected chi connectivity index (χ2v) is 8.70. The fourth-order valence-corrected chi connectivity index (χ4v) is 3.91. The highest BCUT2D eigenvalue weighted by Crippen LogP contribution is 2.44. The maximum atomic E-state index is 12.5. The summed E-state index contributed by atoms with van der Waals surface area (Å²) in [4.78, 5) is 37.4. The van der Waals surface area contributed by atoms with E-state index in [0.717, 1.165) is 22.3 Å². The van der Waals surface area contributed by atoms with E-state index in [1.807, 2.05) is 24.3 Å². The van der Waals surface area contributed by atoms with Crippen LogP contribution in [-0.4, -0.2) is 53.7 Å². The predicted octanol–water partition coefficient (Wildman–Crippen LogP) is 3.87. The second kappa shape index (κ2) is 9.42. The average Bonchev–Trinajstić information content (AvgIpc) is 3.10. The molecule has 0 saturated carbocycles. The number of nitrogens with one attached hydrogen (secondary N) is 1. The zero-order chi connectivity index (χ0) is 23.5. The van der Waals surface area contributed by atoms with E-state index in [-0.39, 0.29) is 25.0 Å². The Kier molecular flexibility index (Phi) is 6.87. The number of amides is 2. The molecular formula is C25H30N2O5. The van der Waals surface area contributed by atoms with Crippen molar-refractivity contribution in [3.8, 4) is 11.1 Å². The molecule has 1 aliphatic rings. The molecule has 2 aromatic carbocycles. The molecule has 32 heavy (non-hydrogen) atoms. The first-order chi connectivity index (χ1) is 15.1. The summed E-state index contributed by atoms with van der Waals surface area (Å²) in [5, 5.41) is 12.0. The summed E-state index contributed by atoms with van der Waals surface area (Å²) < 4.78 is 5.49. The van der Waals surface area contributed by atoms with Crippen LogP contribution >= 0.6 is 0 Å². The van der Waals surface area contributed by atoms with Crippen LogP contribution in [0.1, 0.15) is 44.2 Å². The number of nitrogens with zero attached hydrogens (tertiary/aromatic N) is 1. The minimum atomic E-state index is -1.30. The fourth-order valence-electron chi connectivity index (χ4n) is 3.91. The number of ether oxygens (including phenoxy) is 1. The van der Waals surface area contributed by atoms with Crippen molar-refractivity contribution < 1.29 is 24.2 Å². The fraction of sp³-hybridized carbons (Fsp3) is 0.400. The Bertz CT molecular complexity index is 971. The third kappa shape index (κ3) is 4.61. The van der Waals surface area contributed by atoms with Crippen molar-refractivity contribution >= 4 is 18.0 Å². The molecule has 3 rings (SSSR count). The smallest absolute Gasteiger partial charge is 0.407 e. The molecule has 1 unspecified atom stereocenters. The van der Waals surface area contributed by atoms with Gasteiger partial charge in [0.25, 0.3) is 0 Å². The van der Waals surface area contributed by atoms with Crippen LogP contribution in [0.2, 0.25) is 0 Å². The van der Waals surface area contributed by atoms with Gasteiger partial charge in [0.1, 0.15) is 12.1 Å². The summed E-state index contributed by atoms with van der Waals surface area (Å²) in [5.41, 5.74) is 3.32. The van der Waals surface area contributed by atoms with Crippen molar-refractivity contribution in [2.45, 2.75) is 38.6 Å². The lowest BCUT2D eigenvalue weighted by molar-refractivity contribution is -0.156. The van der Waals surface area contributed by atoms with E-state index in [4.69, 9.17) is 4.74 Å². The first-order valence-electron chi connectivity index (χ1n) is 10.7. The summed E-state index contributed by atoms with van der Waals surface area (Å²) in [5.74, 6) is -1.81. The lowest BCUT2D eigenvalue weighted by Crippen LogP contribution is -2.52. The second-order valence-electron chi connectivity index (χ2n) is 8.70. The molecule has 0 bridgehead atoms. The van der Waals surface area contributed by atoms with Gasteiger partial charge in [-0.3, -0.25) is 4.79 Å². The first-order valence-corrected chi connectivity index (χ1v) is 10.7. The number of fused-ring (bicyclic) bond motifs is 3. The topological polar surface area (TPSA) is 95.9 Å². The van der Waals surface area contributed by atoms with Crippen LogP contribution in [0.5, 0.6) is 0 Å². The Morgan fingerprint density at radius 3 is 2.12 bits per heavy atom. The van der Waals surface area contributed by atoms with E-state index in [1.165, 1.54) is 25.8 Å². The molecule has 0 heterocycles. The van der Waals surface area contributed by atoms with Gasteiger partial charge in [-0.15, -0.1) is 0 Å². The van der Waals surface area contributed by atoms with E-state index < -0.39 is 23.5 Å². The van der Waals surface area contributed by atoms with Gasteiger partial charge in [-0.25, -0.2) is 9.59 Å². The van der Waals surface area contributed by atoms with Crippen LogP contribution < -0.4 is 5.32 Å². The third-order valence-electron chi connectivity index (χ3n) is 6.30. The molecule has 0 spiro atoms. The standard InChI is InChI=1S/C25H30N2O5/c1-16(22(28)27(4)25(2,3)23(29)30)13-14-26-24(31)32-15-21-19-11-7-5-9-17(19)18-10-6-8-12-20(18)21/h5-12,16,21H,13-15H2,1-4H3,(H,26,31)(H,29,30). The summed E-state index contributed by atoms with van der Waals surface area (Å²) in [6.45, 7) is 5.16. The number of carboxylic acids is 1. The molecule has 7 heteroatoms. The number of rotatable bonds is 8. The van der Waals surface area contributed by atoms with Gasteiger partial charge in [-0.2, -0.15) is 0 Å². The summed E-state index contributed by atoms with van der Waals surface area (Å²) in [6.07, 6.45) is -0.158. The van der Waals surface area contributed by atoms with Crippen LogP contribution in [-0.2, 0) is 14.3 Å². The van der Waals surface area contributed by atoms with Gasteiger partial charge in [-0.1, -0.05) is 55.5 Å². The van der Waals surface area contributed by atoms with Gasteiger partial charge in [-0.05, 0) is 42.5 Å². The molecule has 0 aliphatic heterocycles. The van der Waals surface area contributed by atoms with E-state index >= 15 is 0 Å². The molecule has 7 nitrogen and oxygen atoms in total. The number of benzene rings is 2. The van der Waals surface area contributed by atoms with Gasteiger partial charge >= 0.3 is 12.1 Å². The number of alkyl carbamates (subject to hydrolysis) is 1. The van der Waals surface area contributed by atoms with Crippen molar-refractivity contribution in [2.75, 3.05) is 20.2 Å². The number of carboxylic acid groups (broad SMARTS) is 1. The van der Waals surface area contributed by atoms with Crippen LogP contribution in [0.15, 0.2) is 48.5 Å². The largest absolute Gasteiger partial charge is 0.480 e. The maximum absolute atomic E-state index is 12.5. The molecule has 0 radical (unpaired) electrons. The quantitative estimate of drug-likeness (QED) is 0.652. The van der Waals surface area contributed by atoms with Crippen molar-refractivity contribution in [3.05, 3.63) is 59.7 Å². The van der Waals surface area contributed by atoms with Crippen LogP contribution in [0.3, 0.4) is 0 Å². The molecule has 2 amide bonds. The van der Waals surface area contributed by atoms with Crippen molar-refractivity contribution in [3.63, 3.8) is 0 Å². The molecule has 0 aromatic heterocycles. The Balaban J connectivity index is 1.50. The highest BCUT2D eigenvalue weighted by Gasteiger charge is 2.36. The van der Waals surface area contributed by atoms with Gasteiger partial charge in [0.2, 0.25) is 5.91 Å². The molecule has 170 valence electrons. The highest BCUT2D eigenvalue weighted by molar-refractivity contribution is 5.87. The van der Waals surface area contributed by atoms with Crippen molar-refractivity contribution in [2.24, 2.45) is 5.92 Å². The molecule has 0 fully saturated rings. The first kappa shape index (κ1) is 23.3.